The molecule has 0 aromatic heterocycles. The van der Waals surface area contributed by atoms with Crippen LogP contribution in [0.2, 0.25) is 0 Å². The summed E-state index contributed by atoms with van der Waals surface area (Å²) in [4.78, 5) is 12.3. The predicted molar refractivity (Wildman–Crippen MR) is 95.2 cm³/mol. The van der Waals surface area contributed by atoms with Gasteiger partial charge in [-0.3, -0.25) is 4.79 Å². The molecule has 128 valence electrons. The molecule has 0 saturated carbocycles. The summed E-state index contributed by atoms with van der Waals surface area (Å²) >= 11 is 0. The second-order valence-corrected chi connectivity index (χ2v) is 5.88. The highest BCUT2D eigenvalue weighted by Gasteiger charge is 2.14. The van der Waals surface area contributed by atoms with Gasteiger partial charge in [-0.25, -0.2) is 0 Å². The van der Waals surface area contributed by atoms with Gasteiger partial charge in [-0.1, -0.05) is 43.3 Å². The van der Waals surface area contributed by atoms with Crippen LogP contribution in [0.15, 0.2) is 42.5 Å². The molecule has 1 amide bonds. The highest BCUT2D eigenvalue weighted by atomic mass is 16.5. The van der Waals surface area contributed by atoms with Gasteiger partial charge in [0.15, 0.2) is 0 Å². The molecule has 24 heavy (non-hydrogen) atoms. The van der Waals surface area contributed by atoms with Gasteiger partial charge in [0.2, 0.25) is 5.91 Å². The third-order valence-corrected chi connectivity index (χ3v) is 4.15. The van der Waals surface area contributed by atoms with E-state index in [1.54, 1.807) is 7.11 Å². The molecule has 2 N–H and O–H groups in total. The molecule has 0 aliphatic rings. The third kappa shape index (κ3) is 4.59. The van der Waals surface area contributed by atoms with Crippen LogP contribution in [-0.4, -0.2) is 24.7 Å². The van der Waals surface area contributed by atoms with Crippen LogP contribution in [-0.2, 0) is 17.6 Å². The number of amides is 1. The molecule has 2 aromatic carbocycles. The number of rotatable bonds is 7. The summed E-state index contributed by atoms with van der Waals surface area (Å²) in [6.45, 7) is 3.93. The fourth-order valence-electron chi connectivity index (χ4n) is 2.63. The van der Waals surface area contributed by atoms with Gasteiger partial charge in [0, 0.05) is 0 Å². The van der Waals surface area contributed by atoms with Crippen LogP contribution in [0.4, 0.5) is 0 Å². The zero-order valence-electron chi connectivity index (χ0n) is 14.5. The molecule has 2 rings (SSSR count). The van der Waals surface area contributed by atoms with E-state index in [1.807, 2.05) is 49.4 Å². The van der Waals surface area contributed by atoms with Crippen molar-refractivity contribution in [3.63, 3.8) is 0 Å². The Bertz CT molecular complexity index is 680. The Morgan fingerprint density at radius 1 is 1.17 bits per heavy atom. The number of nitrogens with one attached hydrogen (secondary N) is 1. The van der Waals surface area contributed by atoms with Crippen molar-refractivity contribution in [2.24, 2.45) is 0 Å². The summed E-state index contributed by atoms with van der Waals surface area (Å²) in [5, 5.41) is 12.5. The normalized spacial score (nSPS) is 11.8. The maximum Gasteiger partial charge on any atom is 0.224 e. The third-order valence-electron chi connectivity index (χ3n) is 4.15. The molecule has 0 bridgehead atoms. The Balaban J connectivity index is 2.03. The minimum Gasteiger partial charge on any atom is -0.496 e. The number of carbonyl (C=O) groups is 1. The Kier molecular flexibility index (Phi) is 6.38. The van der Waals surface area contributed by atoms with Crippen LogP contribution in [0.25, 0.3) is 0 Å². The molecule has 1 atom stereocenters. The molecule has 0 spiro atoms. The number of aliphatic hydroxyl groups is 1. The van der Waals surface area contributed by atoms with Crippen LogP contribution in [0.1, 0.15) is 35.2 Å². The number of methoxy groups -OCH3 is 1. The molecular formula is C20H25NO3. The molecule has 1 unspecified atom stereocenters. The average molecular weight is 327 g/mol. The first kappa shape index (κ1) is 18.0. The highest BCUT2D eigenvalue weighted by molar-refractivity contribution is 5.79. The summed E-state index contributed by atoms with van der Waals surface area (Å²) in [5.41, 5.74) is 4.05. The fourth-order valence-corrected chi connectivity index (χ4v) is 2.63. The number of aryl methyl sites for hydroxylation is 2. The van der Waals surface area contributed by atoms with Gasteiger partial charge < -0.3 is 15.2 Å². The molecule has 0 aliphatic carbocycles. The molecule has 4 heteroatoms. The summed E-state index contributed by atoms with van der Waals surface area (Å²) in [7, 11) is 1.62. The average Bonchev–Trinajstić information content (AvgIpc) is 2.61. The number of hydrogen-bond acceptors (Lipinski definition) is 3. The van der Waals surface area contributed by atoms with Crippen LogP contribution < -0.4 is 10.1 Å². The Labute approximate surface area is 143 Å². The van der Waals surface area contributed by atoms with E-state index in [0.717, 1.165) is 28.9 Å². The minimum absolute atomic E-state index is 0.125. The smallest absolute Gasteiger partial charge is 0.224 e. The monoisotopic (exact) mass is 327 g/mol. The lowest BCUT2D eigenvalue weighted by atomic mass is 10.0. The van der Waals surface area contributed by atoms with E-state index in [0.29, 0.717) is 0 Å². The van der Waals surface area contributed by atoms with Crippen LogP contribution in [0.5, 0.6) is 5.75 Å². The van der Waals surface area contributed by atoms with Gasteiger partial charge in [0.25, 0.3) is 0 Å². The molecule has 0 heterocycles. The van der Waals surface area contributed by atoms with E-state index < -0.39 is 6.04 Å². The van der Waals surface area contributed by atoms with E-state index in [9.17, 15) is 9.90 Å². The number of benzene rings is 2. The molecule has 2 aromatic rings. The van der Waals surface area contributed by atoms with Crippen molar-refractivity contribution in [1.29, 1.82) is 0 Å². The van der Waals surface area contributed by atoms with Gasteiger partial charge in [0.1, 0.15) is 5.75 Å². The zero-order valence-corrected chi connectivity index (χ0v) is 14.5. The molecular weight excluding hydrogens is 302 g/mol. The topological polar surface area (TPSA) is 58.6 Å². The SMILES string of the molecule is CCc1ccc(C(CO)NC(=O)Cc2ccc(C)c(OC)c2)cc1. The molecule has 0 saturated heterocycles. The van der Waals surface area contributed by atoms with Gasteiger partial charge in [0.05, 0.1) is 26.2 Å². The van der Waals surface area contributed by atoms with Crippen molar-refractivity contribution in [3.8, 4) is 5.75 Å². The first-order valence-corrected chi connectivity index (χ1v) is 8.20. The van der Waals surface area contributed by atoms with Crippen molar-refractivity contribution in [2.45, 2.75) is 32.7 Å². The lowest BCUT2D eigenvalue weighted by Crippen LogP contribution is -2.32. The first-order chi connectivity index (χ1) is 11.6. The van der Waals surface area contributed by atoms with E-state index in [-0.39, 0.29) is 18.9 Å². The summed E-state index contributed by atoms with van der Waals surface area (Å²) in [6.07, 6.45) is 1.21. The Morgan fingerprint density at radius 3 is 2.42 bits per heavy atom. The van der Waals surface area contributed by atoms with Crippen molar-refractivity contribution < 1.29 is 14.6 Å². The van der Waals surface area contributed by atoms with Crippen LogP contribution in [0, 0.1) is 6.92 Å². The van der Waals surface area contributed by atoms with Gasteiger partial charge in [-0.2, -0.15) is 0 Å². The number of hydrogen-bond donors (Lipinski definition) is 2. The Hall–Kier alpha value is -2.33. The zero-order chi connectivity index (χ0) is 17.5. The number of carbonyl (C=O) groups excluding carboxylic acids is 1. The van der Waals surface area contributed by atoms with Gasteiger partial charge >= 0.3 is 0 Å². The second-order valence-electron chi connectivity index (χ2n) is 5.88. The highest BCUT2D eigenvalue weighted by Crippen LogP contribution is 2.20. The van der Waals surface area contributed by atoms with E-state index in [2.05, 4.69) is 12.2 Å². The maximum absolute atomic E-state index is 12.3. The Morgan fingerprint density at radius 2 is 1.83 bits per heavy atom. The lowest BCUT2D eigenvalue weighted by Gasteiger charge is -2.17. The lowest BCUT2D eigenvalue weighted by molar-refractivity contribution is -0.121. The molecule has 0 fully saturated rings. The van der Waals surface area contributed by atoms with Crippen molar-refractivity contribution in [3.05, 3.63) is 64.7 Å². The van der Waals surface area contributed by atoms with Crippen LogP contribution in [0.3, 0.4) is 0 Å². The molecule has 0 radical (unpaired) electrons. The van der Waals surface area contributed by atoms with E-state index in [4.69, 9.17) is 4.74 Å². The predicted octanol–water partition coefficient (Wildman–Crippen LogP) is 2.96. The van der Waals surface area contributed by atoms with Crippen LogP contribution >= 0.6 is 0 Å². The number of aliphatic hydroxyl groups excluding tert-OH is 1. The fraction of sp³-hybridized carbons (Fsp3) is 0.350. The minimum atomic E-state index is -0.393. The largest absolute Gasteiger partial charge is 0.496 e. The summed E-state index contributed by atoms with van der Waals surface area (Å²) < 4.78 is 5.29. The quantitative estimate of drug-likeness (QED) is 0.822. The first-order valence-electron chi connectivity index (χ1n) is 8.20. The number of ether oxygens (including phenoxy) is 1. The van der Waals surface area contributed by atoms with Crippen molar-refractivity contribution in [2.75, 3.05) is 13.7 Å². The summed E-state index contributed by atoms with van der Waals surface area (Å²) in [5.74, 6) is 0.647. The van der Waals surface area contributed by atoms with Gasteiger partial charge in [-0.15, -0.1) is 0 Å². The summed E-state index contributed by atoms with van der Waals surface area (Å²) in [6, 6.07) is 13.3. The van der Waals surface area contributed by atoms with E-state index in [1.165, 1.54) is 5.56 Å². The maximum atomic E-state index is 12.3. The molecule has 4 nitrogen and oxygen atoms in total. The molecule has 0 aliphatic heterocycles. The van der Waals surface area contributed by atoms with E-state index >= 15 is 0 Å². The van der Waals surface area contributed by atoms with Gasteiger partial charge in [-0.05, 0) is 41.7 Å². The van der Waals surface area contributed by atoms with Crippen molar-refractivity contribution in [1.82, 2.24) is 5.32 Å². The van der Waals surface area contributed by atoms with Crippen molar-refractivity contribution >= 4 is 5.91 Å². The standard InChI is InChI=1S/C20H25NO3/c1-4-15-7-9-17(10-8-15)18(13-22)21-20(23)12-16-6-5-14(2)19(11-16)24-3/h5-11,18,22H,4,12-13H2,1-3H3,(H,21,23). The second kappa shape index (κ2) is 8.50.